The number of cyclic esters (lactones) is 1. The third-order valence-corrected chi connectivity index (χ3v) is 9.38. The Hall–Kier alpha value is -3.46. The van der Waals surface area contributed by atoms with E-state index in [0.29, 0.717) is 58.4 Å². The Kier molecular flexibility index (Phi) is 9.21. The Balaban J connectivity index is 1.17. The smallest absolute Gasteiger partial charge is 0.329 e. The van der Waals surface area contributed by atoms with Crippen LogP contribution in [0.5, 0.6) is 17.2 Å². The second kappa shape index (κ2) is 13.3. The van der Waals surface area contributed by atoms with Gasteiger partial charge in [-0.3, -0.25) is 4.79 Å². The molecule has 232 valence electrons. The number of amides is 1. The monoisotopic (exact) mass is 638 g/mol. The average Bonchev–Trinajstić information content (AvgIpc) is 3.37. The number of carbonyl (C=O) groups excluding carboxylic acids is 2. The molecule has 2 unspecified atom stereocenters. The van der Waals surface area contributed by atoms with Gasteiger partial charge < -0.3 is 28.7 Å². The van der Waals surface area contributed by atoms with Crippen LogP contribution in [0.4, 0.5) is 0 Å². The van der Waals surface area contributed by atoms with Crippen molar-refractivity contribution in [3.05, 3.63) is 75.3 Å². The molecule has 0 radical (unpaired) electrons. The van der Waals surface area contributed by atoms with Crippen molar-refractivity contribution < 1.29 is 28.5 Å². The zero-order valence-electron chi connectivity index (χ0n) is 24.9. The van der Waals surface area contributed by atoms with Crippen molar-refractivity contribution in [3.63, 3.8) is 0 Å². The highest BCUT2D eigenvalue weighted by atomic mass is 35.5. The van der Waals surface area contributed by atoms with Crippen LogP contribution in [0.3, 0.4) is 0 Å². The summed E-state index contributed by atoms with van der Waals surface area (Å²) < 4.78 is 23.3. The number of nitrogens with zero attached hydrogens (tertiary/aromatic N) is 2. The third kappa shape index (κ3) is 6.48. The van der Waals surface area contributed by atoms with Crippen molar-refractivity contribution in [3.8, 4) is 28.4 Å². The minimum atomic E-state index is -0.610. The Morgan fingerprint density at radius 2 is 1.80 bits per heavy atom. The summed E-state index contributed by atoms with van der Waals surface area (Å²) in [5.74, 6) is 1.46. The van der Waals surface area contributed by atoms with Crippen molar-refractivity contribution in [1.82, 2.24) is 9.80 Å². The van der Waals surface area contributed by atoms with Crippen LogP contribution in [0, 0.1) is 12.8 Å². The fourth-order valence-corrected chi connectivity index (χ4v) is 6.75. The van der Waals surface area contributed by atoms with Gasteiger partial charge in [-0.05, 0) is 62.2 Å². The van der Waals surface area contributed by atoms with Crippen molar-refractivity contribution >= 4 is 35.1 Å². The van der Waals surface area contributed by atoms with Gasteiger partial charge >= 0.3 is 5.97 Å². The first-order chi connectivity index (χ1) is 21.3. The number of rotatable bonds is 8. The highest BCUT2D eigenvalue weighted by molar-refractivity contribution is 6.35. The molecule has 3 aliphatic heterocycles. The number of ether oxygens (including phenoxy) is 4. The molecular formula is C34H36Cl2N2O6. The second-order valence-corrected chi connectivity index (χ2v) is 12.5. The van der Waals surface area contributed by atoms with E-state index in [-0.39, 0.29) is 25.7 Å². The largest absolute Gasteiger partial charge is 0.492 e. The lowest BCUT2D eigenvalue weighted by Crippen LogP contribution is -2.43. The highest BCUT2D eigenvalue weighted by Crippen LogP contribution is 2.39. The van der Waals surface area contributed by atoms with Crippen LogP contribution in [0.2, 0.25) is 10.0 Å². The molecule has 8 nitrogen and oxygen atoms in total. The number of likely N-dealkylation sites (tertiary alicyclic amines) is 1. The van der Waals surface area contributed by atoms with Gasteiger partial charge in [0.15, 0.2) is 6.61 Å². The number of fused-ring (bicyclic) bond motifs is 1. The average molecular weight is 640 g/mol. The maximum absolute atomic E-state index is 12.8. The Morgan fingerprint density at radius 1 is 0.977 bits per heavy atom. The summed E-state index contributed by atoms with van der Waals surface area (Å²) in [7, 11) is 2.15. The minimum Gasteiger partial charge on any atom is -0.492 e. The SMILES string of the molecule is Cc1c(COc2cc3c(cc2Cl)CN(C2CCOC2=O)C(=O)CO3)cccc1-c1cccc(OCC2CCCN(C)C2)c1Cl. The third-order valence-electron chi connectivity index (χ3n) is 8.69. The van der Waals surface area contributed by atoms with Crippen LogP contribution in [-0.4, -0.2) is 67.7 Å². The number of hydrogen-bond donors (Lipinski definition) is 0. The number of benzene rings is 3. The molecule has 0 aromatic heterocycles. The minimum absolute atomic E-state index is 0.180. The molecular weight excluding hydrogens is 603 g/mol. The van der Waals surface area contributed by atoms with Crippen molar-refractivity contribution in [2.75, 3.05) is 40.0 Å². The number of piperidine rings is 1. The number of carbonyl (C=O) groups is 2. The predicted octanol–water partition coefficient (Wildman–Crippen LogP) is 6.30. The Labute approximate surface area is 267 Å². The van der Waals surface area contributed by atoms with Gasteiger partial charge in [-0.2, -0.15) is 0 Å². The van der Waals surface area contributed by atoms with Crippen LogP contribution in [0.25, 0.3) is 11.1 Å². The van der Waals surface area contributed by atoms with Gasteiger partial charge in [0.2, 0.25) is 0 Å². The molecule has 2 saturated heterocycles. The topological polar surface area (TPSA) is 77.5 Å². The van der Waals surface area contributed by atoms with E-state index in [2.05, 4.69) is 11.9 Å². The van der Waals surface area contributed by atoms with Gasteiger partial charge in [-0.15, -0.1) is 0 Å². The zero-order valence-corrected chi connectivity index (χ0v) is 26.5. The van der Waals surface area contributed by atoms with Crippen molar-refractivity contribution in [2.45, 2.75) is 45.4 Å². The Bertz CT molecular complexity index is 1560. The van der Waals surface area contributed by atoms with Crippen LogP contribution < -0.4 is 14.2 Å². The molecule has 3 heterocycles. The van der Waals surface area contributed by atoms with E-state index in [4.69, 9.17) is 42.1 Å². The van der Waals surface area contributed by atoms with E-state index in [1.165, 1.54) is 11.3 Å². The molecule has 0 N–H and O–H groups in total. The van der Waals surface area contributed by atoms with Gasteiger partial charge in [0.05, 0.1) is 29.8 Å². The van der Waals surface area contributed by atoms with Crippen LogP contribution >= 0.6 is 23.2 Å². The maximum atomic E-state index is 12.8. The molecule has 0 aliphatic carbocycles. The molecule has 3 aromatic rings. The fraction of sp³-hybridized carbons (Fsp3) is 0.412. The van der Waals surface area contributed by atoms with E-state index in [0.717, 1.165) is 41.8 Å². The van der Waals surface area contributed by atoms with Gasteiger partial charge in [0.25, 0.3) is 5.91 Å². The number of esters is 1. The van der Waals surface area contributed by atoms with Crippen molar-refractivity contribution in [1.29, 1.82) is 0 Å². The van der Waals surface area contributed by atoms with Gasteiger partial charge in [-0.25, -0.2) is 4.79 Å². The standard InChI is InChI=1S/C34H36Cl2N2O6/c1-21-23(7-3-8-25(21)26-9-4-10-29(33(26)36)42-18-22-6-5-12-37(2)16-22)19-43-31-15-30-24(14-27(31)35)17-38(32(39)20-44-30)28-11-13-41-34(28)40/h3-4,7-10,14-15,22,28H,5-6,11-13,16-20H2,1-2H3. The van der Waals surface area contributed by atoms with Crippen molar-refractivity contribution in [2.24, 2.45) is 5.92 Å². The highest BCUT2D eigenvalue weighted by Gasteiger charge is 2.37. The van der Waals surface area contributed by atoms with Crippen LogP contribution in [0.15, 0.2) is 48.5 Å². The molecule has 2 fully saturated rings. The first kappa shape index (κ1) is 30.6. The number of hydrogen-bond acceptors (Lipinski definition) is 7. The van der Waals surface area contributed by atoms with Gasteiger partial charge in [-0.1, -0.05) is 53.5 Å². The molecule has 0 spiro atoms. The van der Waals surface area contributed by atoms with Gasteiger partial charge in [0, 0.05) is 36.1 Å². The van der Waals surface area contributed by atoms with Crippen LogP contribution in [0.1, 0.15) is 36.0 Å². The first-order valence-electron chi connectivity index (χ1n) is 15.0. The molecule has 2 atom stereocenters. The number of halogens is 2. The summed E-state index contributed by atoms with van der Waals surface area (Å²) in [6.07, 6.45) is 2.82. The summed E-state index contributed by atoms with van der Waals surface area (Å²) in [4.78, 5) is 28.8. The zero-order chi connectivity index (χ0) is 30.8. The molecule has 3 aliphatic rings. The van der Waals surface area contributed by atoms with E-state index in [1.807, 2.05) is 43.3 Å². The summed E-state index contributed by atoms with van der Waals surface area (Å²) in [5.41, 5.74) is 4.62. The fourth-order valence-electron chi connectivity index (χ4n) is 6.23. The summed E-state index contributed by atoms with van der Waals surface area (Å²) >= 11 is 13.5. The second-order valence-electron chi connectivity index (χ2n) is 11.8. The summed E-state index contributed by atoms with van der Waals surface area (Å²) in [6, 6.07) is 14.8. The molecule has 6 rings (SSSR count). The molecule has 0 bridgehead atoms. The van der Waals surface area contributed by atoms with E-state index in [1.54, 1.807) is 12.1 Å². The predicted molar refractivity (Wildman–Crippen MR) is 169 cm³/mol. The summed E-state index contributed by atoms with van der Waals surface area (Å²) in [6.45, 7) is 5.46. The summed E-state index contributed by atoms with van der Waals surface area (Å²) in [5, 5.41) is 0.986. The van der Waals surface area contributed by atoms with Gasteiger partial charge in [0.1, 0.15) is 29.9 Å². The quantitative estimate of drug-likeness (QED) is 0.268. The Morgan fingerprint density at radius 3 is 2.59 bits per heavy atom. The molecule has 3 aromatic carbocycles. The van der Waals surface area contributed by atoms with E-state index < -0.39 is 12.0 Å². The lowest BCUT2D eigenvalue weighted by Gasteiger charge is -2.29. The molecule has 0 saturated carbocycles. The molecule has 44 heavy (non-hydrogen) atoms. The maximum Gasteiger partial charge on any atom is 0.329 e. The lowest BCUT2D eigenvalue weighted by molar-refractivity contribution is -0.148. The molecule has 1 amide bonds. The first-order valence-corrected chi connectivity index (χ1v) is 15.8. The van der Waals surface area contributed by atoms with E-state index in [9.17, 15) is 9.59 Å². The van der Waals surface area contributed by atoms with Crippen LogP contribution in [-0.2, 0) is 27.5 Å². The van der Waals surface area contributed by atoms with E-state index >= 15 is 0 Å². The normalized spacial score (nSPS) is 20.5. The molecule has 10 heteroatoms. The lowest BCUT2D eigenvalue weighted by atomic mass is 9.96.